The minimum absolute atomic E-state index is 0.105. The van der Waals surface area contributed by atoms with E-state index >= 15 is 0 Å². The van der Waals surface area contributed by atoms with E-state index in [1.807, 2.05) is 32.9 Å². The summed E-state index contributed by atoms with van der Waals surface area (Å²) < 4.78 is 11.9. The lowest BCUT2D eigenvalue weighted by Crippen LogP contribution is -2.10. The second kappa shape index (κ2) is 6.76. The monoisotopic (exact) mass is 348 g/mol. The number of hydrogen-bond donors (Lipinski definition) is 0. The standard InChI is InChI=1S/C17H17BrO3/c1-11(2)20-15-7-4-13(5-8-15)17(19)21-16-9-6-14(18)10-12(16)3/h4-11H,1-3H3. The Bertz CT molecular complexity index is 633. The van der Waals surface area contributed by atoms with Crippen molar-refractivity contribution in [2.24, 2.45) is 0 Å². The van der Waals surface area contributed by atoms with Crippen LogP contribution in [-0.4, -0.2) is 12.1 Å². The van der Waals surface area contributed by atoms with Crippen molar-refractivity contribution in [2.75, 3.05) is 0 Å². The minimum atomic E-state index is -0.378. The molecule has 0 N–H and O–H groups in total. The molecule has 0 aliphatic rings. The van der Waals surface area contributed by atoms with Gasteiger partial charge >= 0.3 is 5.97 Å². The summed E-state index contributed by atoms with van der Waals surface area (Å²) in [4.78, 5) is 12.1. The predicted octanol–water partition coefficient (Wildman–Crippen LogP) is 4.76. The Hall–Kier alpha value is -1.81. The highest BCUT2D eigenvalue weighted by Gasteiger charge is 2.11. The van der Waals surface area contributed by atoms with E-state index in [1.165, 1.54) is 0 Å². The maximum absolute atomic E-state index is 12.1. The molecule has 2 aromatic carbocycles. The highest BCUT2D eigenvalue weighted by atomic mass is 79.9. The van der Waals surface area contributed by atoms with E-state index in [0.717, 1.165) is 15.8 Å². The topological polar surface area (TPSA) is 35.5 Å². The molecule has 0 aliphatic carbocycles. The first-order chi connectivity index (χ1) is 9.95. The second-order valence-electron chi connectivity index (χ2n) is 4.99. The molecule has 2 rings (SSSR count). The Labute approximate surface area is 133 Å². The molecule has 0 saturated carbocycles. The summed E-state index contributed by atoms with van der Waals surface area (Å²) in [6, 6.07) is 12.5. The Morgan fingerprint density at radius 1 is 1.10 bits per heavy atom. The number of benzene rings is 2. The Morgan fingerprint density at radius 3 is 2.33 bits per heavy atom. The summed E-state index contributed by atoms with van der Waals surface area (Å²) >= 11 is 3.38. The maximum Gasteiger partial charge on any atom is 0.343 e. The van der Waals surface area contributed by atoms with Gasteiger partial charge in [0.25, 0.3) is 0 Å². The van der Waals surface area contributed by atoms with Gasteiger partial charge in [0.2, 0.25) is 0 Å². The zero-order chi connectivity index (χ0) is 15.4. The van der Waals surface area contributed by atoms with Crippen LogP contribution in [0.15, 0.2) is 46.9 Å². The summed E-state index contributed by atoms with van der Waals surface area (Å²) in [5, 5.41) is 0. The quantitative estimate of drug-likeness (QED) is 0.590. The van der Waals surface area contributed by atoms with Crippen LogP contribution in [0.4, 0.5) is 0 Å². The largest absolute Gasteiger partial charge is 0.491 e. The summed E-state index contributed by atoms with van der Waals surface area (Å²) in [6.07, 6.45) is 0.105. The van der Waals surface area contributed by atoms with Gasteiger partial charge in [-0.1, -0.05) is 15.9 Å². The van der Waals surface area contributed by atoms with Gasteiger partial charge in [0, 0.05) is 4.47 Å². The summed E-state index contributed by atoms with van der Waals surface area (Å²) in [5.74, 6) is 0.920. The zero-order valence-corrected chi connectivity index (χ0v) is 13.8. The maximum atomic E-state index is 12.1. The van der Waals surface area contributed by atoms with Gasteiger partial charge in [-0.05, 0) is 68.8 Å². The fourth-order valence-corrected chi connectivity index (χ4v) is 2.30. The zero-order valence-electron chi connectivity index (χ0n) is 12.2. The fraction of sp³-hybridized carbons (Fsp3) is 0.235. The van der Waals surface area contributed by atoms with Gasteiger partial charge in [-0.3, -0.25) is 0 Å². The first-order valence-corrected chi connectivity index (χ1v) is 7.50. The minimum Gasteiger partial charge on any atom is -0.491 e. The number of esters is 1. The Balaban J connectivity index is 2.09. The van der Waals surface area contributed by atoms with E-state index in [1.54, 1.807) is 30.3 Å². The molecule has 0 unspecified atom stereocenters. The average molecular weight is 349 g/mol. The van der Waals surface area contributed by atoms with Gasteiger partial charge in [-0.25, -0.2) is 4.79 Å². The Kier molecular flexibility index (Phi) is 5.02. The molecule has 0 saturated heterocycles. The van der Waals surface area contributed by atoms with E-state index in [9.17, 15) is 4.79 Å². The van der Waals surface area contributed by atoms with Crippen LogP contribution in [0.2, 0.25) is 0 Å². The second-order valence-corrected chi connectivity index (χ2v) is 5.91. The summed E-state index contributed by atoms with van der Waals surface area (Å²) in [6.45, 7) is 5.81. The van der Waals surface area contributed by atoms with Crippen molar-refractivity contribution in [1.82, 2.24) is 0 Å². The summed E-state index contributed by atoms with van der Waals surface area (Å²) in [7, 11) is 0. The number of aryl methyl sites for hydroxylation is 1. The number of carbonyl (C=O) groups is 1. The molecule has 110 valence electrons. The van der Waals surface area contributed by atoms with E-state index in [4.69, 9.17) is 9.47 Å². The van der Waals surface area contributed by atoms with Crippen molar-refractivity contribution in [2.45, 2.75) is 26.9 Å². The van der Waals surface area contributed by atoms with Gasteiger partial charge in [0.1, 0.15) is 11.5 Å². The van der Waals surface area contributed by atoms with Crippen molar-refractivity contribution < 1.29 is 14.3 Å². The molecular formula is C17H17BrO3. The lowest BCUT2D eigenvalue weighted by atomic mass is 10.2. The molecule has 0 radical (unpaired) electrons. The molecule has 3 nitrogen and oxygen atoms in total. The molecule has 2 aromatic rings. The number of carbonyl (C=O) groups excluding carboxylic acids is 1. The van der Waals surface area contributed by atoms with Crippen molar-refractivity contribution in [3.05, 3.63) is 58.1 Å². The molecule has 0 aliphatic heterocycles. The lowest BCUT2D eigenvalue weighted by molar-refractivity contribution is 0.0733. The molecule has 0 bridgehead atoms. The third-order valence-electron chi connectivity index (χ3n) is 2.80. The Morgan fingerprint density at radius 2 is 1.76 bits per heavy atom. The van der Waals surface area contributed by atoms with Crippen LogP contribution in [0, 0.1) is 6.92 Å². The van der Waals surface area contributed by atoms with E-state index in [0.29, 0.717) is 11.3 Å². The smallest absolute Gasteiger partial charge is 0.343 e. The molecule has 0 aromatic heterocycles. The van der Waals surface area contributed by atoms with Crippen molar-refractivity contribution >= 4 is 21.9 Å². The third kappa shape index (κ3) is 4.33. The van der Waals surface area contributed by atoms with Gasteiger partial charge in [-0.2, -0.15) is 0 Å². The normalized spacial score (nSPS) is 10.5. The van der Waals surface area contributed by atoms with Crippen LogP contribution >= 0.6 is 15.9 Å². The van der Waals surface area contributed by atoms with Crippen molar-refractivity contribution in [1.29, 1.82) is 0 Å². The van der Waals surface area contributed by atoms with Crippen molar-refractivity contribution in [3.63, 3.8) is 0 Å². The van der Waals surface area contributed by atoms with Crippen LogP contribution in [0.5, 0.6) is 11.5 Å². The SMILES string of the molecule is Cc1cc(Br)ccc1OC(=O)c1ccc(OC(C)C)cc1. The average Bonchev–Trinajstić information content (AvgIpc) is 2.42. The number of halogens is 1. The molecule has 0 heterocycles. The molecule has 0 amide bonds. The molecule has 0 fully saturated rings. The first-order valence-electron chi connectivity index (χ1n) is 6.71. The molecule has 0 spiro atoms. The van der Waals surface area contributed by atoms with E-state index < -0.39 is 0 Å². The number of hydrogen-bond acceptors (Lipinski definition) is 3. The number of rotatable bonds is 4. The van der Waals surface area contributed by atoms with Gasteiger partial charge in [0.05, 0.1) is 11.7 Å². The molecule has 21 heavy (non-hydrogen) atoms. The van der Waals surface area contributed by atoms with Crippen LogP contribution in [0.25, 0.3) is 0 Å². The molecule has 0 atom stereocenters. The van der Waals surface area contributed by atoms with Gasteiger partial charge in [0.15, 0.2) is 0 Å². The van der Waals surface area contributed by atoms with Crippen LogP contribution in [-0.2, 0) is 0 Å². The lowest BCUT2D eigenvalue weighted by Gasteiger charge is -2.10. The van der Waals surface area contributed by atoms with Gasteiger partial charge < -0.3 is 9.47 Å². The van der Waals surface area contributed by atoms with Crippen LogP contribution in [0.3, 0.4) is 0 Å². The van der Waals surface area contributed by atoms with E-state index in [2.05, 4.69) is 15.9 Å². The summed E-state index contributed by atoms with van der Waals surface area (Å²) in [5.41, 5.74) is 1.39. The van der Waals surface area contributed by atoms with Crippen molar-refractivity contribution in [3.8, 4) is 11.5 Å². The molecule has 4 heteroatoms. The highest BCUT2D eigenvalue weighted by molar-refractivity contribution is 9.10. The predicted molar refractivity (Wildman–Crippen MR) is 86.0 cm³/mol. The van der Waals surface area contributed by atoms with Crippen LogP contribution in [0.1, 0.15) is 29.8 Å². The molecular weight excluding hydrogens is 332 g/mol. The number of ether oxygens (including phenoxy) is 2. The third-order valence-corrected chi connectivity index (χ3v) is 3.29. The van der Waals surface area contributed by atoms with Crippen LogP contribution < -0.4 is 9.47 Å². The first kappa shape index (κ1) is 15.6. The van der Waals surface area contributed by atoms with E-state index in [-0.39, 0.29) is 12.1 Å². The highest BCUT2D eigenvalue weighted by Crippen LogP contribution is 2.23. The fourth-order valence-electron chi connectivity index (χ4n) is 1.83. The van der Waals surface area contributed by atoms with Gasteiger partial charge in [-0.15, -0.1) is 0 Å².